The van der Waals surface area contributed by atoms with Crippen molar-refractivity contribution in [2.45, 2.75) is 11.8 Å². The second kappa shape index (κ2) is 5.28. The third-order valence-electron chi connectivity index (χ3n) is 2.38. The van der Waals surface area contributed by atoms with Gasteiger partial charge in [-0.2, -0.15) is 0 Å². The van der Waals surface area contributed by atoms with Crippen LogP contribution >= 0.6 is 0 Å². The van der Waals surface area contributed by atoms with Crippen molar-refractivity contribution in [1.29, 1.82) is 0 Å². The van der Waals surface area contributed by atoms with Crippen LogP contribution in [0.1, 0.15) is 6.92 Å². The summed E-state index contributed by atoms with van der Waals surface area (Å²) in [7, 11) is -1.19. The molecule has 15 heavy (non-hydrogen) atoms. The molecule has 0 saturated carbocycles. The van der Waals surface area contributed by atoms with Crippen molar-refractivity contribution in [3.63, 3.8) is 0 Å². The first kappa shape index (κ1) is 12.2. The van der Waals surface area contributed by atoms with Gasteiger partial charge in [0.25, 0.3) is 0 Å². The lowest BCUT2D eigenvalue weighted by atomic mass is 10.4. The predicted octanol–water partition coefficient (Wildman–Crippen LogP) is 1.41. The van der Waals surface area contributed by atoms with Gasteiger partial charge in [-0.1, -0.05) is 25.1 Å². The smallest absolute Gasteiger partial charge is 0.179 e. The molecule has 1 aromatic rings. The molecule has 0 heterocycles. The van der Waals surface area contributed by atoms with Crippen LogP contribution in [0.15, 0.2) is 35.2 Å². The van der Waals surface area contributed by atoms with Crippen molar-refractivity contribution < 1.29 is 8.42 Å². The lowest BCUT2D eigenvalue weighted by Crippen LogP contribution is -2.25. The lowest BCUT2D eigenvalue weighted by molar-refractivity contribution is 0.373. The van der Waals surface area contributed by atoms with E-state index in [0.717, 1.165) is 6.54 Å². The highest BCUT2D eigenvalue weighted by atomic mass is 32.2. The van der Waals surface area contributed by atoms with Gasteiger partial charge in [0.15, 0.2) is 9.84 Å². The number of benzene rings is 1. The zero-order chi connectivity index (χ0) is 11.3. The summed E-state index contributed by atoms with van der Waals surface area (Å²) in [5.74, 6) is 0.182. The van der Waals surface area contributed by atoms with Crippen molar-refractivity contribution in [1.82, 2.24) is 4.90 Å². The molecule has 0 aromatic heterocycles. The molecule has 84 valence electrons. The minimum absolute atomic E-state index is 0.182. The van der Waals surface area contributed by atoms with Crippen molar-refractivity contribution in [3.8, 4) is 0 Å². The average Bonchev–Trinajstić information content (AvgIpc) is 2.27. The summed E-state index contributed by atoms with van der Waals surface area (Å²) in [6, 6.07) is 8.59. The zero-order valence-electron chi connectivity index (χ0n) is 9.18. The molecule has 0 aliphatic carbocycles. The molecule has 0 aliphatic rings. The van der Waals surface area contributed by atoms with E-state index in [1.807, 2.05) is 24.9 Å². The minimum atomic E-state index is -3.11. The van der Waals surface area contributed by atoms with Gasteiger partial charge in [-0.25, -0.2) is 8.42 Å². The SMILES string of the molecule is CCN(C)CCS(=O)(=O)c1ccccc1. The van der Waals surface area contributed by atoms with E-state index in [2.05, 4.69) is 0 Å². The van der Waals surface area contributed by atoms with Crippen LogP contribution in [-0.4, -0.2) is 39.2 Å². The molecule has 1 rings (SSSR count). The highest BCUT2D eigenvalue weighted by Crippen LogP contribution is 2.09. The van der Waals surface area contributed by atoms with E-state index in [9.17, 15) is 8.42 Å². The van der Waals surface area contributed by atoms with Crippen LogP contribution in [-0.2, 0) is 9.84 Å². The molecule has 0 spiro atoms. The van der Waals surface area contributed by atoms with E-state index >= 15 is 0 Å². The summed E-state index contributed by atoms with van der Waals surface area (Å²) in [6.07, 6.45) is 0. The zero-order valence-corrected chi connectivity index (χ0v) is 10.00. The Bertz CT molecular complexity index is 386. The van der Waals surface area contributed by atoms with E-state index in [0.29, 0.717) is 11.4 Å². The summed E-state index contributed by atoms with van der Waals surface area (Å²) >= 11 is 0. The Kier molecular flexibility index (Phi) is 4.29. The van der Waals surface area contributed by atoms with Crippen LogP contribution in [0.4, 0.5) is 0 Å². The quantitative estimate of drug-likeness (QED) is 0.763. The maximum Gasteiger partial charge on any atom is 0.179 e. The van der Waals surface area contributed by atoms with Crippen LogP contribution in [0.5, 0.6) is 0 Å². The number of nitrogens with zero attached hydrogens (tertiary/aromatic N) is 1. The first-order chi connectivity index (χ1) is 7.06. The van der Waals surface area contributed by atoms with E-state index in [4.69, 9.17) is 0 Å². The van der Waals surface area contributed by atoms with E-state index < -0.39 is 9.84 Å². The second-order valence-corrected chi connectivity index (χ2v) is 5.64. The fraction of sp³-hybridized carbons (Fsp3) is 0.455. The maximum absolute atomic E-state index is 11.8. The molecule has 1 aromatic carbocycles. The number of sulfone groups is 1. The summed E-state index contributed by atoms with van der Waals surface area (Å²) in [5.41, 5.74) is 0. The third kappa shape index (κ3) is 3.64. The van der Waals surface area contributed by atoms with Gasteiger partial charge in [-0.05, 0) is 25.7 Å². The van der Waals surface area contributed by atoms with Crippen molar-refractivity contribution >= 4 is 9.84 Å². The topological polar surface area (TPSA) is 37.4 Å². The van der Waals surface area contributed by atoms with Crippen molar-refractivity contribution in [3.05, 3.63) is 30.3 Å². The normalized spacial score (nSPS) is 11.9. The van der Waals surface area contributed by atoms with E-state index in [1.165, 1.54) is 0 Å². The van der Waals surface area contributed by atoms with E-state index in [1.54, 1.807) is 24.3 Å². The number of hydrogen-bond acceptors (Lipinski definition) is 3. The molecule has 0 aliphatic heterocycles. The van der Waals surface area contributed by atoms with Gasteiger partial charge in [0, 0.05) is 6.54 Å². The summed E-state index contributed by atoms with van der Waals surface area (Å²) < 4.78 is 23.7. The molecule has 0 unspecified atom stereocenters. The van der Waals surface area contributed by atoms with Gasteiger partial charge in [0.2, 0.25) is 0 Å². The van der Waals surface area contributed by atoms with Crippen LogP contribution in [0.25, 0.3) is 0 Å². The lowest BCUT2D eigenvalue weighted by Gasteiger charge is -2.13. The largest absolute Gasteiger partial charge is 0.306 e. The summed E-state index contributed by atoms with van der Waals surface area (Å²) in [4.78, 5) is 2.40. The molecule has 3 nitrogen and oxygen atoms in total. The maximum atomic E-state index is 11.8. The van der Waals surface area contributed by atoms with Gasteiger partial charge >= 0.3 is 0 Å². The molecule has 0 N–H and O–H groups in total. The predicted molar refractivity (Wildman–Crippen MR) is 61.7 cm³/mol. The highest BCUT2D eigenvalue weighted by molar-refractivity contribution is 7.91. The van der Waals surface area contributed by atoms with Gasteiger partial charge in [-0.3, -0.25) is 0 Å². The monoisotopic (exact) mass is 227 g/mol. The van der Waals surface area contributed by atoms with Crippen LogP contribution in [0.2, 0.25) is 0 Å². The van der Waals surface area contributed by atoms with Crippen LogP contribution < -0.4 is 0 Å². The van der Waals surface area contributed by atoms with Gasteiger partial charge in [-0.15, -0.1) is 0 Å². The number of rotatable bonds is 5. The number of hydrogen-bond donors (Lipinski definition) is 0. The van der Waals surface area contributed by atoms with Crippen LogP contribution in [0.3, 0.4) is 0 Å². The van der Waals surface area contributed by atoms with Gasteiger partial charge in [0.05, 0.1) is 10.6 Å². The van der Waals surface area contributed by atoms with E-state index in [-0.39, 0.29) is 5.75 Å². The van der Waals surface area contributed by atoms with Crippen molar-refractivity contribution in [2.75, 3.05) is 25.9 Å². The second-order valence-electron chi connectivity index (χ2n) is 3.53. The molecule has 0 amide bonds. The van der Waals surface area contributed by atoms with Gasteiger partial charge in [0.1, 0.15) is 0 Å². The molecule has 0 bridgehead atoms. The molecule has 4 heteroatoms. The molecule has 0 saturated heterocycles. The fourth-order valence-corrected chi connectivity index (χ4v) is 2.54. The minimum Gasteiger partial charge on any atom is -0.306 e. The fourth-order valence-electron chi connectivity index (χ4n) is 1.18. The van der Waals surface area contributed by atoms with Crippen molar-refractivity contribution in [2.24, 2.45) is 0 Å². The Morgan fingerprint density at radius 1 is 1.20 bits per heavy atom. The summed E-state index contributed by atoms with van der Waals surface area (Å²) in [6.45, 7) is 3.45. The molecular formula is C11H17NO2S. The summed E-state index contributed by atoms with van der Waals surface area (Å²) in [5, 5.41) is 0. The third-order valence-corrected chi connectivity index (χ3v) is 4.09. The standard InChI is InChI=1S/C11H17NO2S/c1-3-12(2)9-10-15(13,14)11-7-5-4-6-8-11/h4-8H,3,9-10H2,1-2H3. The first-order valence-corrected chi connectivity index (χ1v) is 6.68. The Morgan fingerprint density at radius 3 is 2.33 bits per heavy atom. The Hall–Kier alpha value is -0.870. The molecular weight excluding hydrogens is 210 g/mol. The Balaban J connectivity index is 2.69. The molecule has 0 radical (unpaired) electrons. The van der Waals surface area contributed by atoms with Gasteiger partial charge < -0.3 is 4.90 Å². The average molecular weight is 227 g/mol. The van der Waals surface area contributed by atoms with Crippen LogP contribution in [0, 0.1) is 0 Å². The Labute approximate surface area is 91.6 Å². The Morgan fingerprint density at radius 2 is 1.80 bits per heavy atom. The molecule has 0 fully saturated rings. The highest BCUT2D eigenvalue weighted by Gasteiger charge is 2.13. The first-order valence-electron chi connectivity index (χ1n) is 5.02. The molecule has 0 atom stereocenters.